The quantitative estimate of drug-likeness (QED) is 0.218. The Hall–Kier alpha value is -1.67. The summed E-state index contributed by atoms with van der Waals surface area (Å²) in [5.74, 6) is -2.81. The molecule has 1 unspecified atom stereocenters. The average Bonchev–Trinajstić information content (AvgIpc) is 2.21. The van der Waals surface area contributed by atoms with E-state index in [9.17, 15) is 9.59 Å². The third kappa shape index (κ3) is 5.27. The van der Waals surface area contributed by atoms with Crippen LogP contribution in [0.25, 0.3) is 0 Å². The van der Waals surface area contributed by atoms with Crippen LogP contribution in [-0.4, -0.2) is 41.4 Å². The molecule has 9 N–H and O–H groups in total. The lowest BCUT2D eigenvalue weighted by molar-refractivity contribution is -0.142. The van der Waals surface area contributed by atoms with Gasteiger partial charge in [0.25, 0.3) is 0 Å². The third-order valence-electron chi connectivity index (χ3n) is 2.30. The van der Waals surface area contributed by atoms with Gasteiger partial charge in [-0.25, -0.2) is 0 Å². The van der Waals surface area contributed by atoms with Gasteiger partial charge in [0.2, 0.25) is 0 Å². The largest absolute Gasteiger partial charge is 0.480 e. The van der Waals surface area contributed by atoms with E-state index in [1.54, 1.807) is 0 Å². The first kappa shape index (κ1) is 15.3. The fourth-order valence-electron chi connectivity index (χ4n) is 1.37. The zero-order valence-corrected chi connectivity index (χ0v) is 9.64. The van der Waals surface area contributed by atoms with Crippen molar-refractivity contribution in [3.05, 3.63) is 0 Å². The van der Waals surface area contributed by atoms with Gasteiger partial charge in [0, 0.05) is 12.5 Å². The first-order valence-electron chi connectivity index (χ1n) is 5.13. The molecule has 0 saturated carbocycles. The molecular weight excluding hydrogens is 226 g/mol. The van der Waals surface area contributed by atoms with Crippen LogP contribution in [-0.2, 0) is 9.59 Å². The SMILES string of the molecule is C[C@H](N)C(=O)C(CCNC(=N)N)[C@H](N)C(=O)O. The van der Waals surface area contributed by atoms with Crippen molar-refractivity contribution in [2.45, 2.75) is 25.4 Å². The van der Waals surface area contributed by atoms with E-state index in [1.165, 1.54) is 6.92 Å². The molecule has 0 aliphatic rings. The van der Waals surface area contributed by atoms with Gasteiger partial charge in [-0.1, -0.05) is 0 Å². The van der Waals surface area contributed by atoms with Crippen LogP contribution in [0.4, 0.5) is 0 Å². The van der Waals surface area contributed by atoms with Crippen molar-refractivity contribution in [2.75, 3.05) is 6.54 Å². The average molecular weight is 245 g/mol. The summed E-state index contributed by atoms with van der Waals surface area (Å²) < 4.78 is 0. The molecule has 3 atom stereocenters. The predicted molar refractivity (Wildman–Crippen MR) is 62.3 cm³/mol. The summed E-state index contributed by atoms with van der Waals surface area (Å²) in [5, 5.41) is 18.2. The standard InChI is InChI=1S/C9H19N5O3/c1-4(10)7(15)5(6(11)8(16)17)2-3-14-9(12)13/h4-6H,2-3,10-11H2,1H3,(H,16,17)(H4,12,13,14)/t4-,5?,6-/m0/s1. The molecule has 17 heavy (non-hydrogen) atoms. The summed E-state index contributed by atoms with van der Waals surface area (Å²) in [6.45, 7) is 1.67. The van der Waals surface area contributed by atoms with E-state index in [2.05, 4.69) is 5.32 Å². The lowest BCUT2D eigenvalue weighted by Crippen LogP contribution is -2.48. The molecule has 0 amide bonds. The van der Waals surface area contributed by atoms with Gasteiger partial charge >= 0.3 is 5.97 Å². The molecule has 0 saturated heterocycles. The molecule has 0 aromatic carbocycles. The van der Waals surface area contributed by atoms with Crippen LogP contribution in [0.2, 0.25) is 0 Å². The van der Waals surface area contributed by atoms with E-state index in [1.807, 2.05) is 0 Å². The molecule has 0 aromatic rings. The van der Waals surface area contributed by atoms with Gasteiger partial charge in [-0.2, -0.15) is 0 Å². The zero-order valence-electron chi connectivity index (χ0n) is 9.64. The van der Waals surface area contributed by atoms with Crippen LogP contribution < -0.4 is 22.5 Å². The first-order valence-corrected chi connectivity index (χ1v) is 5.13. The second-order valence-corrected chi connectivity index (χ2v) is 3.79. The van der Waals surface area contributed by atoms with Crippen LogP contribution in [0.15, 0.2) is 0 Å². The molecule has 0 fully saturated rings. The topological polar surface area (TPSA) is 168 Å². The number of hydrogen-bond acceptors (Lipinski definition) is 5. The second-order valence-electron chi connectivity index (χ2n) is 3.79. The Labute approximate surface area is 99.0 Å². The first-order chi connectivity index (χ1) is 7.77. The van der Waals surface area contributed by atoms with Crippen molar-refractivity contribution in [1.29, 1.82) is 5.41 Å². The Bertz CT molecular complexity index is 305. The van der Waals surface area contributed by atoms with Crippen LogP contribution >= 0.6 is 0 Å². The van der Waals surface area contributed by atoms with Crippen LogP contribution in [0.5, 0.6) is 0 Å². The molecule has 0 heterocycles. The number of hydrogen-bond donors (Lipinski definition) is 6. The fraction of sp³-hybridized carbons (Fsp3) is 0.667. The number of ketones is 1. The monoisotopic (exact) mass is 245 g/mol. The highest BCUT2D eigenvalue weighted by molar-refractivity contribution is 5.91. The van der Waals surface area contributed by atoms with E-state index >= 15 is 0 Å². The molecule has 0 aromatic heterocycles. The number of rotatable bonds is 7. The highest BCUT2D eigenvalue weighted by Crippen LogP contribution is 2.10. The number of carbonyl (C=O) groups excluding carboxylic acids is 1. The Morgan fingerprint density at radius 2 is 1.94 bits per heavy atom. The maximum Gasteiger partial charge on any atom is 0.321 e. The molecule has 0 aliphatic heterocycles. The predicted octanol–water partition coefficient (Wildman–Crippen LogP) is -2.20. The summed E-state index contributed by atoms with van der Waals surface area (Å²) in [7, 11) is 0. The minimum absolute atomic E-state index is 0.160. The molecule has 0 bridgehead atoms. The summed E-state index contributed by atoms with van der Waals surface area (Å²) in [4.78, 5) is 22.4. The number of carboxylic acid groups (broad SMARTS) is 1. The van der Waals surface area contributed by atoms with E-state index < -0.39 is 29.8 Å². The normalized spacial score (nSPS) is 15.7. The van der Waals surface area contributed by atoms with Gasteiger partial charge in [-0.15, -0.1) is 0 Å². The third-order valence-corrected chi connectivity index (χ3v) is 2.30. The number of carbonyl (C=O) groups is 2. The fourth-order valence-corrected chi connectivity index (χ4v) is 1.37. The van der Waals surface area contributed by atoms with Crippen molar-refractivity contribution < 1.29 is 14.7 Å². The molecule has 0 aliphatic carbocycles. The Kier molecular flexibility index (Phi) is 6.15. The molecule has 0 rings (SSSR count). The van der Waals surface area contributed by atoms with Gasteiger partial charge in [0.05, 0.1) is 6.04 Å². The minimum Gasteiger partial charge on any atom is -0.480 e. The summed E-state index contributed by atoms with van der Waals surface area (Å²) in [5.41, 5.74) is 15.9. The van der Waals surface area contributed by atoms with Crippen LogP contribution in [0.3, 0.4) is 0 Å². The Morgan fingerprint density at radius 3 is 2.29 bits per heavy atom. The van der Waals surface area contributed by atoms with Gasteiger partial charge in [-0.05, 0) is 13.3 Å². The smallest absolute Gasteiger partial charge is 0.321 e. The van der Waals surface area contributed by atoms with Gasteiger partial charge in [0.1, 0.15) is 6.04 Å². The summed E-state index contributed by atoms with van der Waals surface area (Å²) in [6, 6.07) is -2.08. The maximum atomic E-state index is 11.7. The number of aliphatic carboxylic acids is 1. The van der Waals surface area contributed by atoms with Crippen molar-refractivity contribution in [3.8, 4) is 0 Å². The molecular formula is C9H19N5O3. The molecule has 0 radical (unpaired) electrons. The van der Waals surface area contributed by atoms with Crippen LogP contribution in [0.1, 0.15) is 13.3 Å². The van der Waals surface area contributed by atoms with E-state index in [4.69, 9.17) is 27.7 Å². The van der Waals surface area contributed by atoms with Crippen molar-refractivity contribution in [3.63, 3.8) is 0 Å². The highest BCUT2D eigenvalue weighted by Gasteiger charge is 2.31. The van der Waals surface area contributed by atoms with Gasteiger partial charge < -0.3 is 27.6 Å². The van der Waals surface area contributed by atoms with Crippen molar-refractivity contribution in [2.24, 2.45) is 23.1 Å². The van der Waals surface area contributed by atoms with E-state index in [0.717, 1.165) is 0 Å². The molecule has 98 valence electrons. The summed E-state index contributed by atoms with van der Waals surface area (Å²) >= 11 is 0. The van der Waals surface area contributed by atoms with Crippen LogP contribution in [0, 0.1) is 11.3 Å². The minimum atomic E-state index is -1.30. The number of guanidine groups is 1. The molecule has 0 spiro atoms. The highest BCUT2D eigenvalue weighted by atomic mass is 16.4. The van der Waals surface area contributed by atoms with Crippen molar-refractivity contribution >= 4 is 17.7 Å². The van der Waals surface area contributed by atoms with Gasteiger partial charge in [0.15, 0.2) is 11.7 Å². The Balaban J connectivity index is 4.57. The molecule has 8 heteroatoms. The molecule has 8 nitrogen and oxygen atoms in total. The lowest BCUT2D eigenvalue weighted by atomic mass is 9.89. The summed E-state index contributed by atoms with van der Waals surface area (Å²) in [6.07, 6.45) is 0.160. The van der Waals surface area contributed by atoms with E-state index in [0.29, 0.717) is 0 Å². The number of nitrogens with one attached hydrogen (secondary N) is 2. The van der Waals surface area contributed by atoms with E-state index in [-0.39, 0.29) is 18.9 Å². The Morgan fingerprint density at radius 1 is 1.41 bits per heavy atom. The lowest BCUT2D eigenvalue weighted by Gasteiger charge is -2.21. The maximum absolute atomic E-state index is 11.7. The van der Waals surface area contributed by atoms with Crippen molar-refractivity contribution in [1.82, 2.24) is 5.32 Å². The number of Topliss-reactive ketones (excluding diaryl/α,β-unsaturated/α-hetero) is 1. The van der Waals surface area contributed by atoms with Gasteiger partial charge in [-0.3, -0.25) is 15.0 Å². The zero-order chi connectivity index (χ0) is 13.6. The number of carboxylic acids is 1. The number of nitrogens with two attached hydrogens (primary N) is 3. The second kappa shape index (κ2) is 6.81.